The molecule has 1 rings (SSSR count). The lowest BCUT2D eigenvalue weighted by molar-refractivity contribution is 0.0945. The summed E-state index contributed by atoms with van der Waals surface area (Å²) in [5, 5.41) is 2.82. The maximum Gasteiger partial charge on any atom is 0.251 e. The molecule has 3 N–H and O–H groups in total. The van der Waals surface area contributed by atoms with Crippen molar-refractivity contribution in [2.45, 2.75) is 46.1 Å². The zero-order chi connectivity index (χ0) is 16.6. The lowest BCUT2D eigenvalue weighted by Crippen LogP contribution is -2.45. The second kappa shape index (κ2) is 8.63. The quantitative estimate of drug-likeness (QED) is 0.735. The largest absolute Gasteiger partial charge is 0.490 e. The number of amides is 1. The zero-order valence-electron chi connectivity index (χ0n) is 14.1. The molecule has 1 aromatic carbocycles. The van der Waals surface area contributed by atoms with E-state index in [1.54, 1.807) is 18.2 Å². The van der Waals surface area contributed by atoms with Crippen molar-refractivity contribution in [3.8, 4) is 11.5 Å². The van der Waals surface area contributed by atoms with Crippen LogP contribution in [-0.2, 0) is 0 Å². The van der Waals surface area contributed by atoms with Crippen LogP contribution in [-0.4, -0.2) is 31.2 Å². The summed E-state index contributed by atoms with van der Waals surface area (Å²) in [5.41, 5.74) is 5.97. The molecule has 0 radical (unpaired) electrons. The lowest BCUT2D eigenvalue weighted by atomic mass is 10.1. The van der Waals surface area contributed by atoms with E-state index < -0.39 is 5.54 Å². The van der Waals surface area contributed by atoms with Crippen molar-refractivity contribution in [2.24, 2.45) is 5.73 Å². The third-order valence-electron chi connectivity index (χ3n) is 2.83. The van der Waals surface area contributed by atoms with Gasteiger partial charge in [-0.15, -0.1) is 0 Å². The Morgan fingerprint density at radius 1 is 1.14 bits per heavy atom. The average molecular weight is 308 g/mol. The lowest BCUT2D eigenvalue weighted by Gasteiger charge is -2.19. The second-order valence-corrected chi connectivity index (χ2v) is 6.03. The van der Waals surface area contributed by atoms with Gasteiger partial charge in [-0.1, -0.05) is 13.8 Å². The van der Waals surface area contributed by atoms with Gasteiger partial charge >= 0.3 is 0 Å². The molecule has 0 saturated heterocycles. The molecule has 0 saturated carbocycles. The average Bonchev–Trinajstić information content (AvgIpc) is 2.48. The van der Waals surface area contributed by atoms with Crippen LogP contribution in [0, 0.1) is 0 Å². The van der Waals surface area contributed by atoms with Gasteiger partial charge in [0, 0.05) is 17.6 Å². The van der Waals surface area contributed by atoms with E-state index in [-0.39, 0.29) is 5.91 Å². The highest BCUT2D eigenvalue weighted by Gasteiger charge is 2.15. The van der Waals surface area contributed by atoms with Crippen LogP contribution in [0.3, 0.4) is 0 Å². The predicted molar refractivity (Wildman–Crippen MR) is 88.6 cm³/mol. The molecule has 0 aliphatic carbocycles. The predicted octanol–water partition coefficient (Wildman–Crippen LogP) is 2.73. The highest BCUT2D eigenvalue weighted by atomic mass is 16.5. The Morgan fingerprint density at radius 3 is 2.27 bits per heavy atom. The molecule has 22 heavy (non-hydrogen) atoms. The molecule has 124 valence electrons. The van der Waals surface area contributed by atoms with E-state index in [1.807, 2.05) is 27.7 Å². The fraction of sp³-hybridized carbons (Fsp3) is 0.588. The number of carbonyl (C=O) groups is 1. The van der Waals surface area contributed by atoms with Gasteiger partial charge in [-0.2, -0.15) is 0 Å². The van der Waals surface area contributed by atoms with Crippen molar-refractivity contribution in [3.05, 3.63) is 23.8 Å². The molecule has 0 fully saturated rings. The first kappa shape index (κ1) is 18.3. The summed E-state index contributed by atoms with van der Waals surface area (Å²) >= 11 is 0. The summed E-state index contributed by atoms with van der Waals surface area (Å²) < 4.78 is 11.3. The Kier molecular flexibility index (Phi) is 7.18. The van der Waals surface area contributed by atoms with Crippen LogP contribution in [0.25, 0.3) is 0 Å². The maximum atomic E-state index is 12.2. The molecule has 0 aliphatic rings. The van der Waals surface area contributed by atoms with Crippen LogP contribution in [0.2, 0.25) is 0 Å². The number of nitrogens with two attached hydrogens (primary N) is 1. The monoisotopic (exact) mass is 308 g/mol. The van der Waals surface area contributed by atoms with Crippen LogP contribution in [0.1, 0.15) is 50.9 Å². The third-order valence-corrected chi connectivity index (χ3v) is 2.83. The van der Waals surface area contributed by atoms with Crippen LogP contribution in [0.5, 0.6) is 11.5 Å². The minimum absolute atomic E-state index is 0.165. The maximum absolute atomic E-state index is 12.2. The molecule has 1 aromatic rings. The molecule has 0 spiro atoms. The fourth-order valence-corrected chi connectivity index (χ4v) is 1.72. The van der Waals surface area contributed by atoms with E-state index in [2.05, 4.69) is 5.32 Å². The summed E-state index contributed by atoms with van der Waals surface area (Å²) in [6.07, 6.45) is 1.81. The Balaban J connectivity index is 2.84. The Bertz CT molecular complexity index is 481. The molecule has 0 unspecified atom stereocenters. The molecule has 5 nitrogen and oxygen atoms in total. The minimum Gasteiger partial charge on any atom is -0.490 e. The number of hydrogen-bond donors (Lipinski definition) is 2. The summed E-state index contributed by atoms with van der Waals surface area (Å²) in [4.78, 5) is 12.2. The SMILES string of the molecule is CCCOc1ccc(C(=O)NCC(C)(C)N)cc1OCCC. The minimum atomic E-state index is -0.443. The van der Waals surface area contributed by atoms with Crippen LogP contribution < -0.4 is 20.5 Å². The van der Waals surface area contributed by atoms with Gasteiger partial charge in [0.2, 0.25) is 0 Å². The number of rotatable bonds is 9. The summed E-state index contributed by atoms with van der Waals surface area (Å²) in [6.45, 7) is 9.43. The number of ether oxygens (including phenoxy) is 2. The van der Waals surface area contributed by atoms with Crippen LogP contribution in [0.4, 0.5) is 0 Å². The van der Waals surface area contributed by atoms with Gasteiger partial charge in [0.05, 0.1) is 13.2 Å². The van der Waals surface area contributed by atoms with Gasteiger partial charge in [-0.3, -0.25) is 4.79 Å². The standard InChI is InChI=1S/C17H28N2O3/c1-5-9-21-14-8-7-13(11-15(14)22-10-6-2)16(20)19-12-17(3,4)18/h7-8,11H,5-6,9-10,12,18H2,1-4H3,(H,19,20). The van der Waals surface area contributed by atoms with E-state index >= 15 is 0 Å². The molecule has 0 atom stereocenters. The van der Waals surface area contributed by atoms with Crippen LogP contribution >= 0.6 is 0 Å². The highest BCUT2D eigenvalue weighted by Crippen LogP contribution is 2.28. The molecular formula is C17H28N2O3. The first-order chi connectivity index (χ1) is 10.4. The van der Waals surface area contributed by atoms with Crippen molar-refractivity contribution in [3.63, 3.8) is 0 Å². The first-order valence-electron chi connectivity index (χ1n) is 7.84. The summed E-state index contributed by atoms with van der Waals surface area (Å²) in [5.74, 6) is 1.11. The third kappa shape index (κ3) is 6.35. The zero-order valence-corrected chi connectivity index (χ0v) is 14.1. The Morgan fingerprint density at radius 2 is 1.73 bits per heavy atom. The smallest absolute Gasteiger partial charge is 0.251 e. The van der Waals surface area contributed by atoms with Gasteiger partial charge < -0.3 is 20.5 Å². The van der Waals surface area contributed by atoms with Gasteiger partial charge in [-0.25, -0.2) is 0 Å². The Labute approximate surface area is 133 Å². The molecule has 0 bridgehead atoms. The summed E-state index contributed by atoms with van der Waals surface area (Å²) in [7, 11) is 0. The summed E-state index contributed by atoms with van der Waals surface area (Å²) in [6, 6.07) is 5.24. The van der Waals surface area contributed by atoms with Gasteiger partial charge in [0.25, 0.3) is 5.91 Å². The van der Waals surface area contributed by atoms with E-state index in [9.17, 15) is 4.79 Å². The Hall–Kier alpha value is -1.75. The van der Waals surface area contributed by atoms with Crippen molar-refractivity contribution in [1.82, 2.24) is 5.32 Å². The second-order valence-electron chi connectivity index (χ2n) is 6.03. The molecular weight excluding hydrogens is 280 g/mol. The highest BCUT2D eigenvalue weighted by molar-refractivity contribution is 5.94. The number of carbonyl (C=O) groups excluding carboxylic acids is 1. The number of nitrogens with one attached hydrogen (secondary N) is 1. The van der Waals surface area contributed by atoms with Crippen LogP contribution in [0.15, 0.2) is 18.2 Å². The fourth-order valence-electron chi connectivity index (χ4n) is 1.72. The van der Waals surface area contributed by atoms with Crippen molar-refractivity contribution in [1.29, 1.82) is 0 Å². The first-order valence-corrected chi connectivity index (χ1v) is 7.84. The van der Waals surface area contributed by atoms with Crippen molar-refractivity contribution < 1.29 is 14.3 Å². The topological polar surface area (TPSA) is 73.6 Å². The molecule has 0 aliphatic heterocycles. The number of benzene rings is 1. The van der Waals surface area contributed by atoms with Gasteiger partial charge in [-0.05, 0) is 44.9 Å². The number of hydrogen-bond acceptors (Lipinski definition) is 4. The van der Waals surface area contributed by atoms with E-state index in [4.69, 9.17) is 15.2 Å². The van der Waals surface area contributed by atoms with E-state index in [0.29, 0.717) is 36.8 Å². The van der Waals surface area contributed by atoms with E-state index in [1.165, 1.54) is 0 Å². The molecule has 1 amide bonds. The van der Waals surface area contributed by atoms with E-state index in [0.717, 1.165) is 12.8 Å². The van der Waals surface area contributed by atoms with Crippen molar-refractivity contribution in [2.75, 3.05) is 19.8 Å². The van der Waals surface area contributed by atoms with Gasteiger partial charge in [0.1, 0.15) is 0 Å². The molecule has 5 heteroatoms. The van der Waals surface area contributed by atoms with Gasteiger partial charge in [0.15, 0.2) is 11.5 Å². The molecule has 0 aromatic heterocycles. The molecule has 0 heterocycles. The normalized spacial score (nSPS) is 11.1. The van der Waals surface area contributed by atoms with Crippen molar-refractivity contribution >= 4 is 5.91 Å².